The number of fused-ring (bicyclic) bond motifs is 1. The fourth-order valence-electron chi connectivity index (χ4n) is 1.22. The fourth-order valence-corrected chi connectivity index (χ4v) is 1.22. The summed E-state index contributed by atoms with van der Waals surface area (Å²) in [5.74, 6) is 0. The van der Waals surface area contributed by atoms with Crippen molar-refractivity contribution in [1.82, 2.24) is 0 Å². The van der Waals surface area contributed by atoms with Crippen molar-refractivity contribution in [2.45, 2.75) is 0 Å². The molecule has 1 heterocycles. The third kappa shape index (κ3) is 0.724. The number of aliphatic imine (C=N–C) groups is 1. The van der Waals surface area contributed by atoms with Crippen LogP contribution < -0.4 is 0 Å². The van der Waals surface area contributed by atoms with Gasteiger partial charge in [0.1, 0.15) is 5.41 Å². The summed E-state index contributed by atoms with van der Waals surface area (Å²) >= 11 is 0. The quantitative estimate of drug-likeness (QED) is 0.543. The normalized spacial score (nSPS) is 31.8. The molecule has 1 aliphatic heterocycles. The van der Waals surface area contributed by atoms with Gasteiger partial charge in [-0.25, -0.2) is 0 Å². The van der Waals surface area contributed by atoms with E-state index in [0.717, 1.165) is 5.57 Å². The molecule has 2 heteroatoms. The van der Waals surface area contributed by atoms with Gasteiger partial charge in [0.2, 0.25) is 6.29 Å². The first-order valence-corrected chi connectivity index (χ1v) is 3.38. The number of hydrogen-bond donors (Lipinski definition) is 0. The monoisotopic (exact) mass is 144 g/mol. The largest absolute Gasteiger partial charge is 0.289 e. The maximum Gasteiger partial charge on any atom is 0.219 e. The zero-order valence-corrected chi connectivity index (χ0v) is 5.82. The van der Waals surface area contributed by atoms with E-state index in [9.17, 15) is 4.79 Å². The van der Waals surface area contributed by atoms with Gasteiger partial charge in [-0.1, -0.05) is 24.3 Å². The van der Waals surface area contributed by atoms with Gasteiger partial charge < -0.3 is 0 Å². The van der Waals surface area contributed by atoms with E-state index < -0.39 is 5.41 Å². The molecule has 2 rings (SSSR count). The Morgan fingerprint density at radius 1 is 1.45 bits per heavy atom. The zero-order chi connectivity index (χ0) is 7.73. The Morgan fingerprint density at radius 3 is 3.09 bits per heavy atom. The van der Waals surface area contributed by atoms with E-state index in [1.807, 2.05) is 24.5 Å². The topological polar surface area (TPSA) is 29.4 Å². The lowest BCUT2D eigenvalue weighted by Gasteiger charge is -2.17. The fraction of sp³-hybridized carbons (Fsp3) is 0.111. The molecule has 0 aromatic carbocycles. The van der Waals surface area contributed by atoms with Crippen LogP contribution in [-0.2, 0) is 4.79 Å². The third-order valence-corrected chi connectivity index (χ3v) is 1.88. The molecule has 0 aromatic rings. The molecule has 0 fully saturated rings. The van der Waals surface area contributed by atoms with Gasteiger partial charge in [0.05, 0.1) is 0 Å². The van der Waals surface area contributed by atoms with E-state index in [4.69, 9.17) is 0 Å². The highest BCUT2D eigenvalue weighted by molar-refractivity contribution is 5.97. The number of hydrogen-bond acceptors (Lipinski definition) is 2. The van der Waals surface area contributed by atoms with Crippen LogP contribution in [0.4, 0.5) is 0 Å². The molecule has 0 saturated heterocycles. The maximum absolute atomic E-state index is 10.6. The Bertz CT molecular complexity index is 310. The second-order valence-electron chi connectivity index (χ2n) is 2.55. The van der Waals surface area contributed by atoms with Gasteiger partial charge in [0.15, 0.2) is 0 Å². The van der Waals surface area contributed by atoms with Crippen LogP contribution in [0, 0.1) is 5.41 Å². The molecule has 0 saturated carbocycles. The first-order valence-electron chi connectivity index (χ1n) is 3.38. The summed E-state index contributed by atoms with van der Waals surface area (Å²) in [5.41, 5.74) is 0.226. The Labute approximate surface area is 64.6 Å². The van der Waals surface area contributed by atoms with Crippen LogP contribution in [0.1, 0.15) is 0 Å². The molecule has 53 valence electrons. The molecule has 1 atom stereocenters. The molecule has 0 aromatic heterocycles. The Morgan fingerprint density at radius 2 is 2.36 bits per heavy atom. The highest BCUT2D eigenvalue weighted by Gasteiger charge is 2.33. The minimum absolute atomic E-state index is 0.672. The predicted octanol–water partition coefficient (Wildman–Crippen LogP) is 1.18. The van der Waals surface area contributed by atoms with E-state index in [-0.39, 0.29) is 0 Å². The Kier molecular flexibility index (Phi) is 1.15. The van der Waals surface area contributed by atoms with Gasteiger partial charge in [-0.2, -0.15) is 0 Å². The summed E-state index contributed by atoms with van der Waals surface area (Å²) in [4.78, 5) is 14.5. The Hall–Kier alpha value is -1.44. The average molecular weight is 144 g/mol. The van der Waals surface area contributed by atoms with Crippen LogP contribution in [0.25, 0.3) is 0 Å². The lowest BCUT2D eigenvalue weighted by Crippen LogP contribution is -2.22. The average Bonchev–Trinajstić information content (AvgIpc) is 2.48. The van der Waals surface area contributed by atoms with Crippen molar-refractivity contribution in [2.75, 3.05) is 0 Å². The van der Waals surface area contributed by atoms with Crippen molar-refractivity contribution < 1.29 is 4.79 Å². The molecular formula is C9H6NO. The van der Waals surface area contributed by atoms with Crippen LogP contribution in [0.3, 0.4) is 0 Å². The molecule has 1 unspecified atom stereocenters. The first kappa shape index (κ1) is 6.28. The third-order valence-electron chi connectivity index (χ3n) is 1.88. The van der Waals surface area contributed by atoms with E-state index in [0.29, 0.717) is 0 Å². The molecule has 1 aliphatic carbocycles. The van der Waals surface area contributed by atoms with Crippen LogP contribution in [0.5, 0.6) is 0 Å². The standard InChI is InChI=1S/C9H6NO/c11-7-9-4-2-1-3-8(9)5-10-6-9/h1-6H. The van der Waals surface area contributed by atoms with Gasteiger partial charge in [-0.05, 0) is 5.57 Å². The molecular weight excluding hydrogens is 138 g/mol. The van der Waals surface area contributed by atoms with Gasteiger partial charge in [0, 0.05) is 12.4 Å². The summed E-state index contributed by atoms with van der Waals surface area (Å²) in [6.07, 6.45) is 12.7. The molecule has 0 N–H and O–H groups in total. The summed E-state index contributed by atoms with van der Waals surface area (Å²) < 4.78 is 0. The zero-order valence-electron chi connectivity index (χ0n) is 5.82. The summed E-state index contributed by atoms with van der Waals surface area (Å²) in [6.45, 7) is 0. The molecule has 2 aliphatic rings. The molecule has 0 bridgehead atoms. The Balaban J connectivity index is 2.54. The van der Waals surface area contributed by atoms with Crippen molar-refractivity contribution in [3.05, 3.63) is 36.1 Å². The van der Waals surface area contributed by atoms with Crippen molar-refractivity contribution in [3.63, 3.8) is 0 Å². The number of allylic oxidation sites excluding steroid dienone is 5. The minimum atomic E-state index is -0.672. The van der Waals surface area contributed by atoms with Crippen molar-refractivity contribution in [3.8, 4) is 0 Å². The van der Waals surface area contributed by atoms with Gasteiger partial charge >= 0.3 is 0 Å². The van der Waals surface area contributed by atoms with Crippen molar-refractivity contribution >= 4 is 12.5 Å². The number of rotatable bonds is 1. The highest BCUT2D eigenvalue weighted by Crippen LogP contribution is 2.32. The minimum Gasteiger partial charge on any atom is -0.289 e. The predicted molar refractivity (Wildman–Crippen MR) is 43.0 cm³/mol. The highest BCUT2D eigenvalue weighted by atomic mass is 16.1. The summed E-state index contributed by atoms with van der Waals surface area (Å²) in [7, 11) is 0. The second kappa shape index (κ2) is 2.02. The molecule has 11 heavy (non-hydrogen) atoms. The maximum atomic E-state index is 10.6. The molecule has 2 nitrogen and oxygen atoms in total. The van der Waals surface area contributed by atoms with Crippen LogP contribution in [0.2, 0.25) is 0 Å². The number of nitrogens with zero attached hydrogens (tertiary/aromatic N) is 1. The van der Waals surface area contributed by atoms with Crippen LogP contribution >= 0.6 is 0 Å². The summed E-state index contributed by atoms with van der Waals surface area (Å²) in [6, 6.07) is 0. The van der Waals surface area contributed by atoms with Crippen LogP contribution in [-0.4, -0.2) is 12.5 Å². The molecule has 1 radical (unpaired) electrons. The lowest BCUT2D eigenvalue weighted by atomic mass is 9.81. The van der Waals surface area contributed by atoms with Crippen molar-refractivity contribution in [2.24, 2.45) is 10.4 Å². The molecule has 0 spiro atoms. The lowest BCUT2D eigenvalue weighted by molar-refractivity contribution is 0.538. The van der Waals surface area contributed by atoms with Gasteiger partial charge in [-0.15, -0.1) is 0 Å². The van der Waals surface area contributed by atoms with Gasteiger partial charge in [-0.3, -0.25) is 9.79 Å². The smallest absolute Gasteiger partial charge is 0.219 e. The molecule has 0 amide bonds. The van der Waals surface area contributed by atoms with Crippen molar-refractivity contribution in [1.29, 1.82) is 0 Å². The number of carbonyl (C=O) groups excluding carboxylic acids is 1. The van der Waals surface area contributed by atoms with E-state index in [1.54, 1.807) is 18.5 Å². The summed E-state index contributed by atoms with van der Waals surface area (Å²) in [5, 5.41) is 0. The van der Waals surface area contributed by atoms with E-state index in [1.165, 1.54) is 0 Å². The van der Waals surface area contributed by atoms with Crippen LogP contribution in [0.15, 0.2) is 41.1 Å². The van der Waals surface area contributed by atoms with Gasteiger partial charge in [0.25, 0.3) is 0 Å². The van der Waals surface area contributed by atoms with E-state index >= 15 is 0 Å². The first-order chi connectivity index (χ1) is 5.37. The van der Waals surface area contributed by atoms with E-state index in [2.05, 4.69) is 4.99 Å². The SMILES string of the molecule is O=[C]C12C=CC=CC1=CN=C2. The second-order valence-corrected chi connectivity index (χ2v) is 2.55.